The number of carbonyl (C=O) groups excluding carboxylic acids is 1. The van der Waals surface area contributed by atoms with Crippen LogP contribution in [0.3, 0.4) is 0 Å². The highest BCUT2D eigenvalue weighted by Gasteiger charge is 2.41. The smallest absolute Gasteiger partial charge is 0.313 e. The van der Waals surface area contributed by atoms with E-state index in [1.165, 1.54) is 31.2 Å². The quantitative estimate of drug-likeness (QED) is 0.421. The van der Waals surface area contributed by atoms with Gasteiger partial charge in [-0.25, -0.2) is 8.78 Å². The number of rotatable bonds is 8. The first-order valence-electron chi connectivity index (χ1n) is 12.3. The lowest BCUT2D eigenvalue weighted by molar-refractivity contribution is -0.145. The van der Waals surface area contributed by atoms with Gasteiger partial charge in [0.1, 0.15) is 23.3 Å². The van der Waals surface area contributed by atoms with Crippen molar-refractivity contribution in [3.63, 3.8) is 0 Å². The average Bonchev–Trinajstić information content (AvgIpc) is 3.31. The van der Waals surface area contributed by atoms with E-state index in [1.54, 1.807) is 30.3 Å². The minimum atomic E-state index is -1.21. The lowest BCUT2D eigenvalue weighted by atomic mass is 9.66. The van der Waals surface area contributed by atoms with Crippen LogP contribution in [0.15, 0.2) is 72.3 Å². The molecular formula is C30H30F2O4. The van der Waals surface area contributed by atoms with Crippen molar-refractivity contribution in [1.29, 1.82) is 0 Å². The fraction of sp³-hybridized carbons (Fsp3) is 0.333. The summed E-state index contributed by atoms with van der Waals surface area (Å²) in [5, 5.41) is 19.6. The maximum Gasteiger partial charge on any atom is 0.313 e. The third-order valence-electron chi connectivity index (χ3n) is 7.39. The third-order valence-corrected chi connectivity index (χ3v) is 7.39. The van der Waals surface area contributed by atoms with Crippen molar-refractivity contribution in [2.45, 2.75) is 51.6 Å². The second-order valence-electron chi connectivity index (χ2n) is 9.83. The van der Waals surface area contributed by atoms with Crippen LogP contribution in [0.4, 0.5) is 8.78 Å². The summed E-state index contributed by atoms with van der Waals surface area (Å²) >= 11 is 0. The summed E-state index contributed by atoms with van der Waals surface area (Å²) in [6.45, 7) is 1.31. The highest BCUT2D eigenvalue weighted by molar-refractivity contribution is 5.98. The number of allylic oxidation sites excluding steroid dienone is 5. The molecule has 0 saturated heterocycles. The molecule has 36 heavy (non-hydrogen) atoms. The summed E-state index contributed by atoms with van der Waals surface area (Å²) in [7, 11) is 0. The molecule has 4 rings (SSSR count). The average molecular weight is 493 g/mol. The van der Waals surface area contributed by atoms with E-state index >= 15 is 0 Å². The molecule has 0 radical (unpaired) electrons. The fourth-order valence-electron chi connectivity index (χ4n) is 5.33. The van der Waals surface area contributed by atoms with Crippen LogP contribution in [0.2, 0.25) is 0 Å². The second-order valence-corrected chi connectivity index (χ2v) is 9.83. The standard InChI is InChI=1S/C30H30F2O4/c1-19(29(35)36)28(34)17-25(33)12-13-27-26(21-6-10-24(32)11-7-21)16-22(18-30(27)14-2-3-15-30)20-4-8-23(31)9-5-20/h4-13,16,19,25,33H,2-3,14-15,17-18H2,1H3,(H,35,36). The number of halogens is 2. The molecule has 0 aliphatic heterocycles. The Bertz CT molecular complexity index is 1220. The van der Waals surface area contributed by atoms with Gasteiger partial charge in [0.2, 0.25) is 0 Å². The van der Waals surface area contributed by atoms with Crippen LogP contribution in [0.1, 0.15) is 56.6 Å². The summed E-state index contributed by atoms with van der Waals surface area (Å²) in [5.41, 5.74) is 4.52. The Morgan fingerprint density at radius 1 is 0.972 bits per heavy atom. The first-order valence-corrected chi connectivity index (χ1v) is 12.3. The molecule has 6 heteroatoms. The zero-order valence-electron chi connectivity index (χ0n) is 20.2. The van der Waals surface area contributed by atoms with Gasteiger partial charge in [0.25, 0.3) is 0 Å². The largest absolute Gasteiger partial charge is 0.481 e. The molecule has 2 N–H and O–H groups in total. The molecular weight excluding hydrogens is 462 g/mol. The first-order chi connectivity index (χ1) is 17.2. The normalized spacial score (nSPS) is 18.9. The minimum Gasteiger partial charge on any atom is -0.481 e. The lowest BCUT2D eigenvalue weighted by Gasteiger charge is -2.37. The van der Waals surface area contributed by atoms with Crippen LogP contribution in [0.5, 0.6) is 0 Å². The highest BCUT2D eigenvalue weighted by atomic mass is 19.1. The number of carbonyl (C=O) groups is 2. The molecule has 1 spiro atoms. The van der Waals surface area contributed by atoms with Gasteiger partial charge in [-0.15, -0.1) is 0 Å². The molecule has 2 aromatic rings. The Kier molecular flexibility index (Phi) is 7.65. The molecule has 2 aliphatic rings. The maximum absolute atomic E-state index is 13.7. The molecule has 2 atom stereocenters. The molecule has 2 aliphatic carbocycles. The summed E-state index contributed by atoms with van der Waals surface area (Å²) in [6, 6.07) is 12.7. The molecule has 0 aromatic heterocycles. The molecule has 0 amide bonds. The van der Waals surface area contributed by atoms with E-state index in [0.717, 1.165) is 60.0 Å². The molecule has 2 aromatic carbocycles. The van der Waals surface area contributed by atoms with Gasteiger partial charge < -0.3 is 10.2 Å². The number of carboxylic acid groups (broad SMARTS) is 1. The number of benzene rings is 2. The highest BCUT2D eigenvalue weighted by Crippen LogP contribution is 2.55. The van der Waals surface area contributed by atoms with Gasteiger partial charge in [0.05, 0.1) is 6.10 Å². The molecule has 0 heterocycles. The molecule has 4 nitrogen and oxygen atoms in total. The SMILES string of the molecule is CC(C(=O)O)C(=O)CC(O)C=CC1=C(c2ccc(F)cc2)C=C(c2ccc(F)cc2)CC12CCCC2. The number of hydrogen-bond acceptors (Lipinski definition) is 3. The lowest BCUT2D eigenvalue weighted by Crippen LogP contribution is -2.25. The number of hydrogen-bond donors (Lipinski definition) is 2. The number of aliphatic hydroxyl groups is 1. The Hall–Kier alpha value is -3.38. The van der Waals surface area contributed by atoms with Crippen LogP contribution >= 0.6 is 0 Å². The van der Waals surface area contributed by atoms with E-state index in [9.17, 15) is 23.5 Å². The van der Waals surface area contributed by atoms with Crippen molar-refractivity contribution in [3.05, 3.63) is 95.1 Å². The van der Waals surface area contributed by atoms with E-state index in [-0.39, 0.29) is 23.5 Å². The molecule has 1 saturated carbocycles. The second kappa shape index (κ2) is 10.7. The summed E-state index contributed by atoms with van der Waals surface area (Å²) in [5.74, 6) is -3.58. The number of aliphatic carboxylic acids is 1. The van der Waals surface area contributed by atoms with Crippen molar-refractivity contribution in [1.82, 2.24) is 0 Å². The van der Waals surface area contributed by atoms with E-state index in [4.69, 9.17) is 5.11 Å². The van der Waals surface area contributed by atoms with Crippen molar-refractivity contribution in [3.8, 4) is 0 Å². The van der Waals surface area contributed by atoms with Crippen LogP contribution < -0.4 is 0 Å². The van der Waals surface area contributed by atoms with Gasteiger partial charge in [0, 0.05) is 6.42 Å². The third kappa shape index (κ3) is 5.54. The minimum absolute atomic E-state index is 0.212. The van der Waals surface area contributed by atoms with Crippen LogP contribution in [-0.4, -0.2) is 28.1 Å². The summed E-state index contributed by atoms with van der Waals surface area (Å²) in [6.07, 6.45) is 8.75. The van der Waals surface area contributed by atoms with Gasteiger partial charge in [-0.3, -0.25) is 9.59 Å². The van der Waals surface area contributed by atoms with Crippen molar-refractivity contribution in [2.24, 2.45) is 11.3 Å². The summed E-state index contributed by atoms with van der Waals surface area (Å²) < 4.78 is 27.3. The zero-order chi connectivity index (χ0) is 25.9. The Labute approximate surface area is 209 Å². The van der Waals surface area contributed by atoms with Crippen LogP contribution in [0, 0.1) is 23.0 Å². The maximum atomic E-state index is 13.7. The Morgan fingerprint density at radius 2 is 1.53 bits per heavy atom. The monoisotopic (exact) mass is 492 g/mol. The molecule has 188 valence electrons. The van der Waals surface area contributed by atoms with E-state index in [1.807, 2.05) is 12.2 Å². The zero-order valence-corrected chi connectivity index (χ0v) is 20.2. The Balaban J connectivity index is 1.78. The van der Waals surface area contributed by atoms with Crippen molar-refractivity contribution in [2.75, 3.05) is 0 Å². The number of aliphatic hydroxyl groups excluding tert-OH is 1. The van der Waals surface area contributed by atoms with E-state index < -0.39 is 23.8 Å². The number of carboxylic acids is 1. The first kappa shape index (κ1) is 25.7. The predicted octanol–water partition coefficient (Wildman–Crippen LogP) is 6.36. The number of Topliss-reactive ketones (excluding diaryl/α,β-unsaturated/α-hetero) is 1. The molecule has 1 fully saturated rings. The van der Waals surface area contributed by atoms with Gasteiger partial charge in [-0.1, -0.05) is 55.3 Å². The fourth-order valence-corrected chi connectivity index (χ4v) is 5.33. The van der Waals surface area contributed by atoms with Crippen LogP contribution in [0.25, 0.3) is 11.1 Å². The molecule has 0 bridgehead atoms. The predicted molar refractivity (Wildman–Crippen MR) is 135 cm³/mol. The van der Waals surface area contributed by atoms with Crippen molar-refractivity contribution >= 4 is 22.9 Å². The van der Waals surface area contributed by atoms with Crippen LogP contribution in [-0.2, 0) is 9.59 Å². The van der Waals surface area contributed by atoms with E-state index in [2.05, 4.69) is 0 Å². The van der Waals surface area contributed by atoms with Gasteiger partial charge in [0.15, 0.2) is 0 Å². The van der Waals surface area contributed by atoms with Gasteiger partial charge in [-0.05, 0) is 83.7 Å². The Morgan fingerprint density at radius 3 is 2.08 bits per heavy atom. The van der Waals surface area contributed by atoms with Gasteiger partial charge in [-0.2, -0.15) is 0 Å². The van der Waals surface area contributed by atoms with E-state index in [0.29, 0.717) is 0 Å². The summed E-state index contributed by atoms with van der Waals surface area (Å²) in [4.78, 5) is 23.3. The topological polar surface area (TPSA) is 74.6 Å². The molecule has 2 unspecified atom stereocenters. The van der Waals surface area contributed by atoms with Gasteiger partial charge >= 0.3 is 5.97 Å². The number of ketones is 1. The van der Waals surface area contributed by atoms with Crippen molar-refractivity contribution < 1.29 is 28.6 Å².